The molecule has 3 rings (SSSR count). The molecular weight excluding hydrogens is 472 g/mol. The van der Waals surface area contributed by atoms with Crippen molar-refractivity contribution in [2.45, 2.75) is 24.8 Å². The average molecular weight is 497 g/mol. The topological polar surface area (TPSA) is 139 Å². The van der Waals surface area contributed by atoms with E-state index in [0.29, 0.717) is 0 Å². The number of para-hydroxylation sites is 3. The van der Waals surface area contributed by atoms with Crippen molar-refractivity contribution in [2.24, 2.45) is 0 Å². The first-order valence-electron chi connectivity index (χ1n) is 10.6. The summed E-state index contributed by atoms with van der Waals surface area (Å²) in [7, 11) is -4.51. The van der Waals surface area contributed by atoms with Crippen molar-refractivity contribution < 1.29 is 22.9 Å². The van der Waals surface area contributed by atoms with E-state index in [1.54, 1.807) is 44.2 Å². The van der Waals surface area contributed by atoms with Gasteiger partial charge in [-0.25, -0.2) is 8.42 Å². The number of hydrogen-bond acceptors (Lipinski definition) is 6. The molecule has 35 heavy (non-hydrogen) atoms. The van der Waals surface area contributed by atoms with Crippen LogP contribution in [0.1, 0.15) is 24.2 Å². The fourth-order valence-corrected chi connectivity index (χ4v) is 4.89. The lowest BCUT2D eigenvalue weighted by molar-refractivity contribution is -0.387. The number of benzene rings is 3. The number of sulfonamides is 1. The second kappa shape index (κ2) is 10.8. The van der Waals surface area contributed by atoms with Crippen LogP contribution in [0.2, 0.25) is 0 Å². The van der Waals surface area contributed by atoms with Gasteiger partial charge in [-0.2, -0.15) is 0 Å². The summed E-state index contributed by atoms with van der Waals surface area (Å²) in [5.74, 6) is -1.14. The van der Waals surface area contributed by atoms with Crippen molar-refractivity contribution in [3.8, 4) is 0 Å². The zero-order valence-corrected chi connectivity index (χ0v) is 19.9. The van der Waals surface area contributed by atoms with Gasteiger partial charge in [0.15, 0.2) is 4.90 Å². The van der Waals surface area contributed by atoms with Crippen molar-refractivity contribution in [1.82, 2.24) is 5.32 Å². The zero-order valence-electron chi connectivity index (χ0n) is 19.0. The third-order valence-corrected chi connectivity index (χ3v) is 6.65. The molecule has 0 radical (unpaired) electrons. The van der Waals surface area contributed by atoms with E-state index in [-0.39, 0.29) is 23.0 Å². The van der Waals surface area contributed by atoms with Crippen LogP contribution >= 0.6 is 0 Å². The van der Waals surface area contributed by atoms with Gasteiger partial charge in [-0.15, -0.1) is 0 Å². The lowest BCUT2D eigenvalue weighted by Crippen LogP contribution is -2.38. The molecule has 0 saturated heterocycles. The van der Waals surface area contributed by atoms with Gasteiger partial charge in [-0.05, 0) is 44.2 Å². The number of nitro benzene ring substituents is 1. The van der Waals surface area contributed by atoms with Crippen molar-refractivity contribution in [1.29, 1.82) is 0 Å². The summed E-state index contributed by atoms with van der Waals surface area (Å²) in [4.78, 5) is 35.7. The molecule has 182 valence electrons. The van der Waals surface area contributed by atoms with Crippen molar-refractivity contribution in [3.05, 3.63) is 94.5 Å². The molecule has 0 unspecified atom stereocenters. The first kappa shape index (κ1) is 25.4. The Kier molecular flexibility index (Phi) is 7.82. The molecule has 0 aromatic heterocycles. The third kappa shape index (κ3) is 6.01. The molecule has 2 N–H and O–H groups in total. The van der Waals surface area contributed by atoms with E-state index in [4.69, 9.17) is 0 Å². The van der Waals surface area contributed by atoms with E-state index >= 15 is 0 Å². The summed E-state index contributed by atoms with van der Waals surface area (Å²) >= 11 is 0. The normalized spacial score (nSPS) is 11.1. The van der Waals surface area contributed by atoms with Crippen LogP contribution in [-0.4, -0.2) is 37.7 Å². The van der Waals surface area contributed by atoms with Gasteiger partial charge < -0.3 is 10.6 Å². The van der Waals surface area contributed by atoms with Gasteiger partial charge >= 0.3 is 0 Å². The maximum absolute atomic E-state index is 13.5. The first-order chi connectivity index (χ1) is 16.6. The molecule has 0 heterocycles. The lowest BCUT2D eigenvalue weighted by Gasteiger charge is -2.24. The van der Waals surface area contributed by atoms with E-state index in [9.17, 15) is 28.1 Å². The molecule has 0 fully saturated rings. The number of rotatable bonds is 9. The molecule has 0 saturated carbocycles. The van der Waals surface area contributed by atoms with Crippen LogP contribution in [0.5, 0.6) is 0 Å². The van der Waals surface area contributed by atoms with Crippen molar-refractivity contribution in [2.75, 3.05) is 16.2 Å². The molecule has 2 amide bonds. The van der Waals surface area contributed by atoms with Gasteiger partial charge in [0.25, 0.3) is 21.6 Å². The summed E-state index contributed by atoms with van der Waals surface area (Å²) in [5, 5.41) is 16.8. The van der Waals surface area contributed by atoms with Crippen LogP contribution in [0.3, 0.4) is 0 Å². The van der Waals surface area contributed by atoms with Gasteiger partial charge in [0.1, 0.15) is 6.54 Å². The number of hydrogen-bond donors (Lipinski definition) is 2. The van der Waals surface area contributed by atoms with Gasteiger partial charge in [0.2, 0.25) is 5.91 Å². The van der Waals surface area contributed by atoms with Crippen molar-refractivity contribution in [3.63, 3.8) is 0 Å². The molecule has 0 aliphatic heterocycles. The largest absolute Gasteiger partial charge is 0.350 e. The minimum absolute atomic E-state index is 0.133. The van der Waals surface area contributed by atoms with E-state index in [1.807, 2.05) is 0 Å². The standard InChI is InChI=1S/C24H24N4O6S/c1-17(2)25-24(30)19-12-6-7-13-20(19)26-23(29)16-27(18-10-4-3-5-11-18)35(33,34)22-15-9-8-14-21(22)28(31)32/h3-15,17H,16H2,1-2H3,(H,25,30)(H,26,29). The third-order valence-electron chi connectivity index (χ3n) is 4.83. The number of nitro groups is 1. The summed E-state index contributed by atoms with van der Waals surface area (Å²) < 4.78 is 27.8. The Morgan fingerprint density at radius 3 is 2.20 bits per heavy atom. The summed E-state index contributed by atoms with van der Waals surface area (Å²) in [6.45, 7) is 2.91. The Morgan fingerprint density at radius 2 is 1.54 bits per heavy atom. The number of amides is 2. The van der Waals surface area contributed by atoms with Crippen molar-refractivity contribution >= 4 is 38.9 Å². The van der Waals surface area contributed by atoms with Crippen LogP contribution in [0.25, 0.3) is 0 Å². The van der Waals surface area contributed by atoms with Gasteiger partial charge in [-0.1, -0.05) is 42.5 Å². The average Bonchev–Trinajstić information content (AvgIpc) is 2.83. The smallest absolute Gasteiger partial charge is 0.289 e. The Bertz CT molecular complexity index is 1340. The Morgan fingerprint density at radius 1 is 0.943 bits per heavy atom. The number of nitrogens with one attached hydrogen (secondary N) is 2. The van der Waals surface area contributed by atoms with Crippen LogP contribution in [0.4, 0.5) is 17.1 Å². The number of nitrogens with zero attached hydrogens (tertiary/aromatic N) is 2. The monoisotopic (exact) mass is 496 g/mol. The highest BCUT2D eigenvalue weighted by atomic mass is 32.2. The Labute approximate surface area is 202 Å². The minimum Gasteiger partial charge on any atom is -0.350 e. The second-order valence-corrected chi connectivity index (χ2v) is 9.62. The molecule has 3 aromatic carbocycles. The molecule has 0 atom stereocenters. The molecule has 0 aliphatic rings. The van der Waals surface area contributed by atoms with E-state index < -0.39 is 43.9 Å². The molecule has 11 heteroatoms. The predicted octanol–water partition coefficient (Wildman–Crippen LogP) is 3.57. The highest BCUT2D eigenvalue weighted by Gasteiger charge is 2.33. The van der Waals surface area contributed by atoms with Gasteiger partial charge in [0, 0.05) is 12.1 Å². The Hall–Kier alpha value is -4.25. The molecular formula is C24H24N4O6S. The number of carbonyl (C=O) groups is 2. The van der Waals surface area contributed by atoms with E-state index in [2.05, 4.69) is 10.6 Å². The number of carbonyl (C=O) groups excluding carboxylic acids is 2. The minimum atomic E-state index is -4.51. The molecule has 0 aliphatic carbocycles. The summed E-state index contributed by atoms with van der Waals surface area (Å²) in [6.07, 6.45) is 0. The summed E-state index contributed by atoms with van der Waals surface area (Å²) in [5.41, 5.74) is -0.0507. The summed E-state index contributed by atoms with van der Waals surface area (Å²) in [6, 6.07) is 18.9. The highest BCUT2D eigenvalue weighted by Crippen LogP contribution is 2.29. The fraction of sp³-hybridized carbons (Fsp3) is 0.167. The molecule has 0 spiro atoms. The second-order valence-electron chi connectivity index (χ2n) is 7.79. The van der Waals surface area contributed by atoms with Crippen LogP contribution in [0, 0.1) is 10.1 Å². The SMILES string of the molecule is CC(C)NC(=O)c1ccccc1NC(=O)CN(c1ccccc1)S(=O)(=O)c1ccccc1[N+](=O)[O-]. The first-order valence-corrected chi connectivity index (χ1v) is 12.1. The van der Waals surface area contributed by atoms with Crippen LogP contribution < -0.4 is 14.9 Å². The zero-order chi connectivity index (χ0) is 25.6. The maximum atomic E-state index is 13.5. The van der Waals surface area contributed by atoms with Gasteiger partial charge in [-0.3, -0.25) is 24.0 Å². The lowest BCUT2D eigenvalue weighted by atomic mass is 10.1. The predicted molar refractivity (Wildman–Crippen MR) is 132 cm³/mol. The van der Waals surface area contributed by atoms with Crippen LogP contribution in [-0.2, 0) is 14.8 Å². The molecule has 0 bridgehead atoms. The maximum Gasteiger partial charge on any atom is 0.289 e. The quantitative estimate of drug-likeness (QED) is 0.343. The van der Waals surface area contributed by atoms with E-state index in [0.717, 1.165) is 16.4 Å². The number of anilines is 2. The van der Waals surface area contributed by atoms with Gasteiger partial charge in [0.05, 0.1) is 21.9 Å². The Balaban J connectivity index is 1.97. The molecule has 3 aromatic rings. The van der Waals surface area contributed by atoms with Crippen LogP contribution in [0.15, 0.2) is 83.8 Å². The molecule has 10 nitrogen and oxygen atoms in total. The van der Waals surface area contributed by atoms with E-state index in [1.165, 1.54) is 36.4 Å². The highest BCUT2D eigenvalue weighted by molar-refractivity contribution is 7.93. The fourth-order valence-electron chi connectivity index (χ4n) is 3.30.